The van der Waals surface area contributed by atoms with Crippen LogP contribution in [0, 0.1) is 13.8 Å². The van der Waals surface area contributed by atoms with Gasteiger partial charge in [-0.1, -0.05) is 23.4 Å². The van der Waals surface area contributed by atoms with E-state index in [2.05, 4.69) is 69.5 Å². The fraction of sp³-hybridized carbons (Fsp3) is 0.417. The second kappa shape index (κ2) is 8.05. The number of fused-ring (bicyclic) bond motifs is 3. The molecule has 32 heavy (non-hydrogen) atoms. The van der Waals surface area contributed by atoms with Crippen molar-refractivity contribution < 1.29 is 0 Å². The SMILES string of the molecule is CSc1nc2c(c(=O)[nH]1)CN(C)C1(CCCc3c(Cl)cc(-n4c(C)ccc4C)c(Br)c31)C2. The van der Waals surface area contributed by atoms with Crippen LogP contribution in [0.4, 0.5) is 0 Å². The van der Waals surface area contributed by atoms with Crippen LogP contribution in [0.5, 0.6) is 0 Å². The molecule has 0 saturated heterocycles. The Morgan fingerprint density at radius 3 is 2.66 bits per heavy atom. The van der Waals surface area contributed by atoms with E-state index in [0.29, 0.717) is 18.1 Å². The summed E-state index contributed by atoms with van der Waals surface area (Å²) in [6.45, 7) is 4.80. The average molecular weight is 534 g/mol. The minimum absolute atomic E-state index is 0.0264. The number of thioether (sulfide) groups is 1. The molecular weight excluding hydrogens is 508 g/mol. The van der Waals surface area contributed by atoms with E-state index < -0.39 is 0 Å². The molecule has 1 aliphatic carbocycles. The van der Waals surface area contributed by atoms with Crippen LogP contribution in [0.2, 0.25) is 5.02 Å². The molecule has 1 spiro atoms. The topological polar surface area (TPSA) is 53.9 Å². The molecule has 0 amide bonds. The van der Waals surface area contributed by atoms with Gasteiger partial charge in [0.1, 0.15) is 0 Å². The average Bonchev–Trinajstić information content (AvgIpc) is 3.10. The van der Waals surface area contributed by atoms with Crippen LogP contribution in [0.3, 0.4) is 0 Å². The molecular formula is C24H26BrClN4OS. The molecule has 1 N–H and O–H groups in total. The maximum Gasteiger partial charge on any atom is 0.256 e. The number of H-pyrrole nitrogens is 1. The number of halogens is 2. The summed E-state index contributed by atoms with van der Waals surface area (Å²) in [6.07, 6.45) is 5.65. The zero-order chi connectivity index (χ0) is 22.8. The molecule has 1 unspecified atom stereocenters. The van der Waals surface area contributed by atoms with E-state index in [0.717, 1.165) is 45.7 Å². The summed E-state index contributed by atoms with van der Waals surface area (Å²) in [7, 11) is 2.12. The Morgan fingerprint density at radius 2 is 1.97 bits per heavy atom. The number of likely N-dealkylation sites (N-methyl/N-ethyl adjacent to an activating group) is 1. The maximum atomic E-state index is 12.7. The Kier molecular flexibility index (Phi) is 5.60. The van der Waals surface area contributed by atoms with Gasteiger partial charge in [-0.3, -0.25) is 9.69 Å². The quantitative estimate of drug-likeness (QED) is 0.347. The first-order chi connectivity index (χ1) is 15.3. The van der Waals surface area contributed by atoms with Crippen molar-refractivity contribution in [3.05, 3.63) is 71.8 Å². The number of aromatic amines is 1. The Balaban J connectivity index is 1.76. The van der Waals surface area contributed by atoms with Gasteiger partial charge in [-0.25, -0.2) is 4.98 Å². The van der Waals surface area contributed by atoms with E-state index in [1.807, 2.05) is 6.26 Å². The van der Waals surface area contributed by atoms with Gasteiger partial charge in [0.2, 0.25) is 0 Å². The Morgan fingerprint density at radius 1 is 1.25 bits per heavy atom. The summed E-state index contributed by atoms with van der Waals surface area (Å²) >= 11 is 12.4. The van der Waals surface area contributed by atoms with Gasteiger partial charge in [-0.2, -0.15) is 0 Å². The first-order valence-corrected chi connectivity index (χ1v) is 13.2. The fourth-order valence-corrected chi connectivity index (χ4v) is 7.15. The zero-order valence-corrected chi connectivity index (χ0v) is 21.8. The van der Waals surface area contributed by atoms with Gasteiger partial charge >= 0.3 is 0 Å². The minimum Gasteiger partial charge on any atom is -0.317 e. The van der Waals surface area contributed by atoms with E-state index >= 15 is 0 Å². The van der Waals surface area contributed by atoms with Gasteiger partial charge in [0.05, 0.1) is 22.5 Å². The first kappa shape index (κ1) is 22.3. The maximum absolute atomic E-state index is 12.7. The second-order valence-electron chi connectivity index (χ2n) is 8.91. The van der Waals surface area contributed by atoms with Crippen molar-refractivity contribution >= 4 is 39.3 Å². The second-order valence-corrected chi connectivity index (χ2v) is 10.9. The lowest BCUT2D eigenvalue weighted by molar-refractivity contribution is 0.0711. The van der Waals surface area contributed by atoms with Crippen LogP contribution in [0.1, 0.15) is 46.6 Å². The number of aromatic nitrogens is 3. The lowest BCUT2D eigenvalue weighted by Crippen LogP contribution is -2.52. The lowest BCUT2D eigenvalue weighted by Gasteiger charge is -2.49. The number of nitrogens with zero attached hydrogens (tertiary/aromatic N) is 3. The largest absolute Gasteiger partial charge is 0.317 e. The van der Waals surface area contributed by atoms with Crippen LogP contribution in [0.25, 0.3) is 5.69 Å². The third-order valence-corrected chi connectivity index (χ3v) is 8.87. The Hall–Kier alpha value is -1.54. The molecule has 8 heteroatoms. The molecule has 1 aliphatic heterocycles. The normalized spacial score (nSPS) is 20.4. The van der Waals surface area contributed by atoms with Crippen LogP contribution in [0.15, 0.2) is 32.6 Å². The standard InChI is InChI=1S/C24H26BrClN4OS/c1-13-7-8-14(2)30(13)19-10-17(26)15-6-5-9-24(20(15)21(19)25)11-18-16(12-29(24)3)22(31)28-23(27-18)32-4/h7-8,10H,5-6,9,11-12H2,1-4H3,(H,27,28,31). The summed E-state index contributed by atoms with van der Waals surface area (Å²) in [5.41, 5.74) is 7.27. The predicted octanol–water partition coefficient (Wildman–Crippen LogP) is 5.53. The Labute approximate surface area is 205 Å². The van der Waals surface area contributed by atoms with E-state index in [-0.39, 0.29) is 11.1 Å². The molecule has 5 rings (SSSR count). The van der Waals surface area contributed by atoms with E-state index in [1.54, 1.807) is 0 Å². The zero-order valence-electron chi connectivity index (χ0n) is 18.7. The highest BCUT2D eigenvalue weighted by Crippen LogP contribution is 2.51. The summed E-state index contributed by atoms with van der Waals surface area (Å²) in [5, 5.41) is 1.49. The number of rotatable bonds is 2. The third kappa shape index (κ3) is 3.23. The molecule has 168 valence electrons. The molecule has 0 saturated carbocycles. The highest BCUT2D eigenvalue weighted by molar-refractivity contribution is 9.10. The van der Waals surface area contributed by atoms with Crippen molar-refractivity contribution in [2.75, 3.05) is 13.3 Å². The van der Waals surface area contributed by atoms with E-state index in [1.165, 1.54) is 34.3 Å². The van der Waals surface area contributed by atoms with Gasteiger partial charge < -0.3 is 9.55 Å². The molecule has 3 aromatic rings. The van der Waals surface area contributed by atoms with Crippen LogP contribution >= 0.6 is 39.3 Å². The third-order valence-electron chi connectivity index (χ3n) is 7.15. The van der Waals surface area contributed by atoms with Crippen molar-refractivity contribution in [2.45, 2.75) is 56.8 Å². The van der Waals surface area contributed by atoms with Crippen LogP contribution < -0.4 is 5.56 Å². The molecule has 3 heterocycles. The first-order valence-electron chi connectivity index (χ1n) is 10.8. The molecule has 0 bridgehead atoms. The van der Waals surface area contributed by atoms with Gasteiger partial charge in [0.15, 0.2) is 5.16 Å². The number of benzene rings is 1. The van der Waals surface area contributed by atoms with Gasteiger partial charge in [0.25, 0.3) is 5.56 Å². The predicted molar refractivity (Wildman–Crippen MR) is 134 cm³/mol. The molecule has 5 nitrogen and oxygen atoms in total. The molecule has 1 atom stereocenters. The molecule has 0 radical (unpaired) electrons. The summed E-state index contributed by atoms with van der Waals surface area (Å²) in [4.78, 5) is 22.8. The smallest absolute Gasteiger partial charge is 0.256 e. The summed E-state index contributed by atoms with van der Waals surface area (Å²) in [6, 6.07) is 6.36. The van der Waals surface area contributed by atoms with Gasteiger partial charge in [-0.15, -0.1) is 0 Å². The van der Waals surface area contributed by atoms with Crippen LogP contribution in [-0.2, 0) is 24.9 Å². The van der Waals surface area contributed by atoms with Gasteiger partial charge in [0, 0.05) is 33.8 Å². The number of nitrogens with one attached hydrogen (secondary N) is 1. The molecule has 1 aromatic carbocycles. The highest BCUT2D eigenvalue weighted by Gasteiger charge is 2.47. The number of aryl methyl sites for hydroxylation is 2. The Bertz CT molecular complexity index is 1280. The minimum atomic E-state index is -0.259. The molecule has 0 fully saturated rings. The van der Waals surface area contributed by atoms with Crippen molar-refractivity contribution in [3.8, 4) is 5.69 Å². The van der Waals surface area contributed by atoms with E-state index in [4.69, 9.17) is 16.6 Å². The van der Waals surface area contributed by atoms with E-state index in [9.17, 15) is 4.79 Å². The lowest BCUT2D eigenvalue weighted by atomic mass is 9.70. The van der Waals surface area contributed by atoms with Gasteiger partial charge in [-0.05, 0) is 91.7 Å². The van der Waals surface area contributed by atoms with Crippen molar-refractivity contribution in [1.29, 1.82) is 0 Å². The van der Waals surface area contributed by atoms with Crippen molar-refractivity contribution in [1.82, 2.24) is 19.4 Å². The van der Waals surface area contributed by atoms with Crippen molar-refractivity contribution in [2.24, 2.45) is 0 Å². The van der Waals surface area contributed by atoms with Crippen LogP contribution in [-0.4, -0.2) is 32.7 Å². The number of hydrogen-bond acceptors (Lipinski definition) is 4. The van der Waals surface area contributed by atoms with Crippen molar-refractivity contribution in [3.63, 3.8) is 0 Å². The highest BCUT2D eigenvalue weighted by atomic mass is 79.9. The summed E-state index contributed by atoms with van der Waals surface area (Å²) < 4.78 is 3.34. The fourth-order valence-electron chi connectivity index (χ4n) is 5.56. The molecule has 2 aliphatic rings. The monoisotopic (exact) mass is 532 g/mol. The summed E-state index contributed by atoms with van der Waals surface area (Å²) in [5.74, 6) is 0. The molecule has 2 aromatic heterocycles. The number of hydrogen-bond donors (Lipinski definition) is 1.